The second-order valence-electron chi connectivity index (χ2n) is 4.54. The van der Waals surface area contributed by atoms with Crippen LogP contribution < -0.4 is 5.32 Å². The molecule has 1 amide bonds. The van der Waals surface area contributed by atoms with Gasteiger partial charge in [0.2, 0.25) is 5.91 Å². The van der Waals surface area contributed by atoms with Gasteiger partial charge >= 0.3 is 0 Å². The molecule has 0 bridgehead atoms. The number of rotatable bonds is 4. The predicted octanol–water partition coefficient (Wildman–Crippen LogP) is 0.779. The average Bonchev–Trinajstić information content (AvgIpc) is 3.06. The Bertz CT molecular complexity index is 730. The van der Waals surface area contributed by atoms with Gasteiger partial charge in [-0.05, 0) is 24.4 Å². The maximum atomic E-state index is 12.0. The number of fused-ring (bicyclic) bond motifs is 1. The molecule has 0 spiro atoms. The van der Waals surface area contributed by atoms with Crippen molar-refractivity contribution in [2.45, 2.75) is 20.0 Å². The topological polar surface area (TPSA) is 88.5 Å². The molecule has 7 nitrogen and oxygen atoms in total. The van der Waals surface area contributed by atoms with E-state index in [0.29, 0.717) is 5.82 Å². The van der Waals surface area contributed by atoms with Gasteiger partial charge in [0.05, 0.1) is 6.54 Å². The predicted molar refractivity (Wildman–Crippen MR) is 72.7 cm³/mol. The third-order valence-corrected chi connectivity index (χ3v) is 3.15. The largest absolute Gasteiger partial charge is 0.347 e. The van der Waals surface area contributed by atoms with E-state index in [4.69, 9.17) is 0 Å². The summed E-state index contributed by atoms with van der Waals surface area (Å²) in [5.41, 5.74) is 2.11. The summed E-state index contributed by atoms with van der Waals surface area (Å²) in [6.07, 6.45) is 0. The van der Waals surface area contributed by atoms with E-state index in [2.05, 4.69) is 32.0 Å². The Morgan fingerprint density at radius 3 is 3.05 bits per heavy atom. The molecule has 0 atom stereocenters. The first-order chi connectivity index (χ1) is 9.74. The quantitative estimate of drug-likeness (QED) is 0.733. The number of carbonyl (C=O) groups is 1. The number of tetrazole rings is 1. The van der Waals surface area contributed by atoms with Gasteiger partial charge in [-0.3, -0.25) is 4.79 Å². The number of para-hydroxylation sites is 1. The van der Waals surface area contributed by atoms with Gasteiger partial charge in [-0.25, -0.2) is 0 Å². The standard InChI is InChI=1S/C13H14N6O/c1-9-6-10-4-2-3-5-11(10)19(9)8-13(20)14-7-12-15-17-18-16-12/h2-6H,7-8H2,1H3,(H,14,20)(H,15,16,17,18). The first-order valence-corrected chi connectivity index (χ1v) is 6.28. The summed E-state index contributed by atoms with van der Waals surface area (Å²) in [4.78, 5) is 12.0. The Morgan fingerprint density at radius 2 is 2.25 bits per heavy atom. The molecule has 0 unspecified atom stereocenters. The summed E-state index contributed by atoms with van der Waals surface area (Å²) in [6, 6.07) is 10.1. The molecule has 2 aromatic heterocycles. The second kappa shape index (κ2) is 5.12. The van der Waals surface area contributed by atoms with Crippen LogP contribution in [0, 0.1) is 6.92 Å². The Kier molecular flexibility index (Phi) is 3.16. The number of nitrogens with one attached hydrogen (secondary N) is 2. The van der Waals surface area contributed by atoms with Crippen LogP contribution in [0.3, 0.4) is 0 Å². The van der Waals surface area contributed by atoms with Crippen LogP contribution in [0.4, 0.5) is 0 Å². The maximum Gasteiger partial charge on any atom is 0.240 e. The zero-order valence-corrected chi connectivity index (χ0v) is 11.0. The highest BCUT2D eigenvalue weighted by Crippen LogP contribution is 2.18. The monoisotopic (exact) mass is 270 g/mol. The first kappa shape index (κ1) is 12.3. The van der Waals surface area contributed by atoms with Gasteiger partial charge in [0.25, 0.3) is 0 Å². The van der Waals surface area contributed by atoms with Crippen molar-refractivity contribution in [3.8, 4) is 0 Å². The zero-order chi connectivity index (χ0) is 13.9. The van der Waals surface area contributed by atoms with Crippen LogP contribution in [-0.2, 0) is 17.9 Å². The average molecular weight is 270 g/mol. The Morgan fingerprint density at radius 1 is 1.40 bits per heavy atom. The third kappa shape index (κ3) is 2.37. The van der Waals surface area contributed by atoms with Crippen LogP contribution in [0.2, 0.25) is 0 Å². The molecule has 0 saturated carbocycles. The molecular weight excluding hydrogens is 256 g/mol. The van der Waals surface area contributed by atoms with Crippen molar-refractivity contribution in [2.75, 3.05) is 0 Å². The van der Waals surface area contributed by atoms with Crippen molar-refractivity contribution in [1.82, 2.24) is 30.5 Å². The molecule has 0 aliphatic heterocycles. The van der Waals surface area contributed by atoms with Crippen LogP contribution in [0.25, 0.3) is 10.9 Å². The maximum absolute atomic E-state index is 12.0. The number of aromatic amines is 1. The van der Waals surface area contributed by atoms with Crippen molar-refractivity contribution >= 4 is 16.8 Å². The van der Waals surface area contributed by atoms with Gasteiger partial charge in [-0.1, -0.05) is 23.4 Å². The van der Waals surface area contributed by atoms with E-state index in [0.717, 1.165) is 16.6 Å². The number of aromatic nitrogens is 5. The molecule has 0 radical (unpaired) electrons. The normalized spacial score (nSPS) is 10.8. The fourth-order valence-electron chi connectivity index (χ4n) is 2.19. The highest BCUT2D eigenvalue weighted by atomic mass is 16.1. The minimum Gasteiger partial charge on any atom is -0.347 e. The van der Waals surface area contributed by atoms with Crippen molar-refractivity contribution in [3.63, 3.8) is 0 Å². The van der Waals surface area contributed by atoms with Crippen LogP contribution in [-0.4, -0.2) is 31.1 Å². The SMILES string of the molecule is Cc1cc2ccccc2n1CC(=O)NCc1nn[nH]n1. The number of carbonyl (C=O) groups excluding carboxylic acids is 1. The summed E-state index contributed by atoms with van der Waals surface area (Å²) >= 11 is 0. The van der Waals surface area contributed by atoms with Gasteiger partial charge < -0.3 is 9.88 Å². The van der Waals surface area contributed by atoms with Crippen LogP contribution in [0.1, 0.15) is 11.5 Å². The number of hydrogen-bond donors (Lipinski definition) is 2. The van der Waals surface area contributed by atoms with Gasteiger partial charge in [0, 0.05) is 11.2 Å². The summed E-state index contributed by atoms with van der Waals surface area (Å²) in [7, 11) is 0. The summed E-state index contributed by atoms with van der Waals surface area (Å²) in [6.45, 7) is 2.54. The molecule has 3 aromatic rings. The van der Waals surface area contributed by atoms with Gasteiger partial charge in [-0.2, -0.15) is 5.21 Å². The van der Waals surface area contributed by atoms with E-state index in [1.165, 1.54) is 0 Å². The van der Waals surface area contributed by atoms with Gasteiger partial charge in [-0.15, -0.1) is 10.2 Å². The number of benzene rings is 1. The summed E-state index contributed by atoms with van der Waals surface area (Å²) in [5.74, 6) is 0.381. The minimum absolute atomic E-state index is 0.0840. The second-order valence-corrected chi connectivity index (χ2v) is 4.54. The van der Waals surface area contributed by atoms with Crippen molar-refractivity contribution in [1.29, 1.82) is 0 Å². The molecule has 1 aromatic carbocycles. The summed E-state index contributed by atoms with van der Waals surface area (Å²) < 4.78 is 1.99. The molecule has 2 N–H and O–H groups in total. The van der Waals surface area contributed by atoms with Crippen molar-refractivity contribution < 1.29 is 4.79 Å². The molecular formula is C13H14N6O. The smallest absolute Gasteiger partial charge is 0.240 e. The lowest BCUT2D eigenvalue weighted by Gasteiger charge is -2.08. The number of amides is 1. The van der Waals surface area contributed by atoms with E-state index >= 15 is 0 Å². The summed E-state index contributed by atoms with van der Waals surface area (Å²) in [5, 5.41) is 17.3. The van der Waals surface area contributed by atoms with Crippen LogP contribution >= 0.6 is 0 Å². The Balaban J connectivity index is 1.72. The van der Waals surface area contributed by atoms with E-state index < -0.39 is 0 Å². The lowest BCUT2D eigenvalue weighted by Crippen LogP contribution is -2.27. The minimum atomic E-state index is -0.0840. The van der Waals surface area contributed by atoms with E-state index in [1.807, 2.05) is 35.8 Å². The van der Waals surface area contributed by atoms with E-state index in [-0.39, 0.29) is 19.0 Å². The lowest BCUT2D eigenvalue weighted by atomic mass is 10.2. The Labute approximate surface area is 115 Å². The van der Waals surface area contributed by atoms with E-state index in [9.17, 15) is 4.79 Å². The molecule has 2 heterocycles. The molecule has 102 valence electrons. The Hall–Kier alpha value is -2.70. The zero-order valence-electron chi connectivity index (χ0n) is 11.0. The number of hydrogen-bond acceptors (Lipinski definition) is 4. The third-order valence-electron chi connectivity index (χ3n) is 3.15. The number of nitrogens with zero attached hydrogens (tertiary/aromatic N) is 4. The molecule has 0 saturated heterocycles. The molecule has 0 aliphatic rings. The fraction of sp³-hybridized carbons (Fsp3) is 0.231. The molecule has 7 heteroatoms. The fourth-order valence-corrected chi connectivity index (χ4v) is 2.19. The number of aryl methyl sites for hydroxylation is 1. The first-order valence-electron chi connectivity index (χ1n) is 6.28. The molecule has 0 fully saturated rings. The van der Waals surface area contributed by atoms with Crippen LogP contribution in [0.15, 0.2) is 30.3 Å². The highest BCUT2D eigenvalue weighted by Gasteiger charge is 2.09. The molecule has 20 heavy (non-hydrogen) atoms. The highest BCUT2D eigenvalue weighted by molar-refractivity contribution is 5.84. The molecule has 3 rings (SSSR count). The van der Waals surface area contributed by atoms with E-state index in [1.54, 1.807) is 0 Å². The van der Waals surface area contributed by atoms with Gasteiger partial charge in [0.15, 0.2) is 5.82 Å². The van der Waals surface area contributed by atoms with Crippen LogP contribution in [0.5, 0.6) is 0 Å². The van der Waals surface area contributed by atoms with Gasteiger partial charge in [0.1, 0.15) is 6.54 Å². The van der Waals surface area contributed by atoms with Crippen molar-refractivity contribution in [3.05, 3.63) is 41.9 Å². The number of H-pyrrole nitrogens is 1. The molecule has 0 aliphatic carbocycles. The van der Waals surface area contributed by atoms with Crippen molar-refractivity contribution in [2.24, 2.45) is 0 Å². The lowest BCUT2D eigenvalue weighted by molar-refractivity contribution is -0.121.